The third-order valence-electron chi connectivity index (χ3n) is 5.03. The van der Waals surface area contributed by atoms with Gasteiger partial charge in [-0.25, -0.2) is 4.99 Å². The molecule has 5 nitrogen and oxygen atoms in total. The predicted molar refractivity (Wildman–Crippen MR) is 104 cm³/mol. The topological polar surface area (TPSA) is 68.9 Å². The molecule has 0 aromatic heterocycles. The average Bonchev–Trinajstić information content (AvgIpc) is 2.44. The molecule has 23 heavy (non-hydrogen) atoms. The van der Waals surface area contributed by atoms with Gasteiger partial charge in [0.05, 0.1) is 19.3 Å². The van der Waals surface area contributed by atoms with E-state index in [2.05, 4.69) is 12.2 Å². The van der Waals surface area contributed by atoms with E-state index in [1.807, 2.05) is 24.3 Å². The van der Waals surface area contributed by atoms with Gasteiger partial charge in [-0.1, -0.05) is 12.5 Å². The molecule has 0 radical (unpaired) electrons. The van der Waals surface area contributed by atoms with Crippen LogP contribution in [-0.4, -0.2) is 31.8 Å². The summed E-state index contributed by atoms with van der Waals surface area (Å²) < 4.78 is 11.1. The summed E-state index contributed by atoms with van der Waals surface area (Å²) >= 11 is 0. The molecular formula is C17H26IN3O2. The molecule has 3 N–H and O–H groups in total. The number of nitrogens with one attached hydrogen (secondary N) is 1. The third-order valence-corrected chi connectivity index (χ3v) is 5.03. The zero-order chi connectivity index (χ0) is 15.6. The highest BCUT2D eigenvalue weighted by Gasteiger charge is 2.59. The fraction of sp³-hybridized carbons (Fsp3) is 0.588. The van der Waals surface area contributed by atoms with Crippen molar-refractivity contribution in [3.8, 4) is 5.75 Å². The van der Waals surface area contributed by atoms with Gasteiger partial charge in [-0.05, 0) is 38.3 Å². The molecule has 0 heterocycles. The van der Waals surface area contributed by atoms with Gasteiger partial charge in [0.2, 0.25) is 0 Å². The minimum absolute atomic E-state index is 0. The Labute approximate surface area is 155 Å². The summed E-state index contributed by atoms with van der Waals surface area (Å²) in [5, 5.41) is 3.16. The molecule has 128 valence electrons. The lowest BCUT2D eigenvalue weighted by molar-refractivity contribution is -0.162. The molecule has 2 saturated carbocycles. The van der Waals surface area contributed by atoms with Gasteiger partial charge in [-0.2, -0.15) is 0 Å². The number of methoxy groups -OCH3 is 1. The number of benzene rings is 1. The first-order chi connectivity index (χ1) is 10.7. The second kappa shape index (κ2) is 7.70. The van der Waals surface area contributed by atoms with E-state index in [9.17, 15) is 0 Å². The molecule has 2 fully saturated rings. The minimum atomic E-state index is 0. The normalized spacial score (nSPS) is 25.0. The van der Waals surface area contributed by atoms with Crippen LogP contribution in [0, 0.1) is 5.41 Å². The maximum Gasteiger partial charge on any atom is 0.193 e. The van der Waals surface area contributed by atoms with E-state index in [4.69, 9.17) is 20.2 Å². The SMILES string of the molecule is CCOC1CC(N=C(N)Nc2cccc(OC)c2)C12CCC2.I. The Morgan fingerprint density at radius 3 is 2.83 bits per heavy atom. The molecule has 0 aliphatic heterocycles. The molecular weight excluding hydrogens is 405 g/mol. The molecule has 2 atom stereocenters. The van der Waals surface area contributed by atoms with E-state index < -0.39 is 0 Å². The molecule has 6 heteroatoms. The van der Waals surface area contributed by atoms with E-state index in [0.29, 0.717) is 12.1 Å². The van der Waals surface area contributed by atoms with Crippen molar-refractivity contribution in [1.82, 2.24) is 0 Å². The van der Waals surface area contributed by atoms with Crippen molar-refractivity contribution in [2.24, 2.45) is 16.1 Å². The number of nitrogens with zero attached hydrogens (tertiary/aromatic N) is 1. The highest BCUT2D eigenvalue weighted by Crippen LogP contribution is 2.58. The van der Waals surface area contributed by atoms with Crippen molar-refractivity contribution >= 4 is 35.6 Å². The number of rotatable bonds is 5. The number of aliphatic imine (C=N–C) groups is 1. The molecule has 1 aromatic carbocycles. The van der Waals surface area contributed by atoms with Gasteiger partial charge in [-0.15, -0.1) is 24.0 Å². The van der Waals surface area contributed by atoms with Gasteiger partial charge in [0, 0.05) is 23.8 Å². The first kappa shape index (κ1) is 18.3. The Morgan fingerprint density at radius 2 is 2.22 bits per heavy atom. The summed E-state index contributed by atoms with van der Waals surface area (Å²) in [5.74, 6) is 1.27. The van der Waals surface area contributed by atoms with Gasteiger partial charge < -0.3 is 20.5 Å². The van der Waals surface area contributed by atoms with Gasteiger partial charge in [0.25, 0.3) is 0 Å². The van der Waals surface area contributed by atoms with Crippen molar-refractivity contribution < 1.29 is 9.47 Å². The summed E-state index contributed by atoms with van der Waals surface area (Å²) in [5.41, 5.74) is 7.22. The van der Waals surface area contributed by atoms with Gasteiger partial charge in [0.15, 0.2) is 5.96 Å². The van der Waals surface area contributed by atoms with Crippen molar-refractivity contribution in [2.75, 3.05) is 19.0 Å². The van der Waals surface area contributed by atoms with Crippen LogP contribution in [0.2, 0.25) is 0 Å². The minimum Gasteiger partial charge on any atom is -0.497 e. The van der Waals surface area contributed by atoms with E-state index in [-0.39, 0.29) is 35.4 Å². The largest absolute Gasteiger partial charge is 0.497 e. The maximum atomic E-state index is 6.08. The molecule has 2 aliphatic rings. The molecule has 1 aromatic rings. The number of ether oxygens (including phenoxy) is 2. The van der Waals surface area contributed by atoms with Crippen LogP contribution in [0.4, 0.5) is 5.69 Å². The smallest absolute Gasteiger partial charge is 0.193 e. The highest BCUT2D eigenvalue weighted by molar-refractivity contribution is 14.0. The fourth-order valence-corrected chi connectivity index (χ4v) is 3.63. The Hall–Kier alpha value is -1.02. The van der Waals surface area contributed by atoms with E-state index in [1.165, 1.54) is 19.3 Å². The molecule has 2 unspecified atom stereocenters. The summed E-state index contributed by atoms with van der Waals surface area (Å²) in [7, 11) is 1.65. The molecule has 3 rings (SSSR count). The van der Waals surface area contributed by atoms with Crippen LogP contribution in [0.1, 0.15) is 32.6 Å². The Morgan fingerprint density at radius 1 is 1.43 bits per heavy atom. The van der Waals surface area contributed by atoms with Crippen LogP contribution < -0.4 is 15.8 Å². The molecule has 1 spiro atoms. The van der Waals surface area contributed by atoms with Crippen molar-refractivity contribution in [2.45, 2.75) is 44.8 Å². The van der Waals surface area contributed by atoms with Crippen LogP contribution in [0.15, 0.2) is 29.3 Å². The predicted octanol–water partition coefficient (Wildman–Crippen LogP) is 3.39. The fourth-order valence-electron chi connectivity index (χ4n) is 3.63. The number of hydrogen-bond acceptors (Lipinski definition) is 3. The van der Waals surface area contributed by atoms with Crippen LogP contribution in [-0.2, 0) is 4.74 Å². The number of anilines is 1. The average molecular weight is 431 g/mol. The van der Waals surface area contributed by atoms with Gasteiger partial charge in [-0.3, -0.25) is 0 Å². The van der Waals surface area contributed by atoms with Crippen LogP contribution >= 0.6 is 24.0 Å². The number of halogens is 1. The molecule has 0 saturated heterocycles. The lowest BCUT2D eigenvalue weighted by Gasteiger charge is -2.59. The Kier molecular flexibility index (Phi) is 6.13. The van der Waals surface area contributed by atoms with E-state index in [0.717, 1.165) is 24.5 Å². The van der Waals surface area contributed by atoms with Gasteiger partial charge in [0.1, 0.15) is 5.75 Å². The molecule has 0 bridgehead atoms. The zero-order valence-corrected chi connectivity index (χ0v) is 16.1. The Balaban J connectivity index is 0.00000192. The lowest BCUT2D eigenvalue weighted by Crippen LogP contribution is -2.61. The number of hydrogen-bond donors (Lipinski definition) is 2. The maximum absolute atomic E-state index is 6.08. The summed E-state index contributed by atoms with van der Waals surface area (Å²) in [4.78, 5) is 4.70. The third kappa shape index (κ3) is 3.57. The molecule has 0 amide bonds. The van der Waals surface area contributed by atoms with Crippen LogP contribution in [0.25, 0.3) is 0 Å². The van der Waals surface area contributed by atoms with Crippen molar-refractivity contribution in [1.29, 1.82) is 0 Å². The molecule has 2 aliphatic carbocycles. The summed E-state index contributed by atoms with van der Waals surface area (Å²) in [6, 6.07) is 7.98. The quantitative estimate of drug-likeness (QED) is 0.426. The van der Waals surface area contributed by atoms with Crippen LogP contribution in [0.3, 0.4) is 0 Å². The zero-order valence-electron chi connectivity index (χ0n) is 13.7. The van der Waals surface area contributed by atoms with Crippen LogP contribution in [0.5, 0.6) is 5.75 Å². The second-order valence-corrected chi connectivity index (χ2v) is 6.15. The number of guanidine groups is 1. The number of nitrogens with two attached hydrogens (primary N) is 1. The van der Waals surface area contributed by atoms with E-state index >= 15 is 0 Å². The highest BCUT2D eigenvalue weighted by atomic mass is 127. The first-order valence-electron chi connectivity index (χ1n) is 8.04. The van der Waals surface area contributed by atoms with Crippen molar-refractivity contribution in [3.63, 3.8) is 0 Å². The summed E-state index contributed by atoms with van der Waals surface area (Å²) in [6.07, 6.45) is 5.04. The lowest BCUT2D eigenvalue weighted by atomic mass is 9.51. The summed E-state index contributed by atoms with van der Waals surface area (Å²) in [6.45, 7) is 2.84. The van der Waals surface area contributed by atoms with Crippen molar-refractivity contribution in [3.05, 3.63) is 24.3 Å². The van der Waals surface area contributed by atoms with E-state index in [1.54, 1.807) is 7.11 Å². The Bertz CT molecular complexity index is 561. The monoisotopic (exact) mass is 431 g/mol. The standard InChI is InChI=1S/C17H25N3O2.HI/c1-3-22-15-11-14(17(15)8-5-9-17)20-16(18)19-12-6-4-7-13(10-12)21-2;/h4,6-7,10,14-15H,3,5,8-9,11H2,1-2H3,(H3,18,19,20);1H. The van der Waals surface area contributed by atoms with Gasteiger partial charge >= 0.3 is 0 Å². The first-order valence-corrected chi connectivity index (χ1v) is 8.04. The second-order valence-electron chi connectivity index (χ2n) is 6.15.